The van der Waals surface area contributed by atoms with Crippen LogP contribution in [0.5, 0.6) is 0 Å². The smallest absolute Gasteiger partial charge is 0.114 e. The van der Waals surface area contributed by atoms with Gasteiger partial charge >= 0.3 is 0 Å². The normalized spacial score (nSPS) is 26.0. The van der Waals surface area contributed by atoms with Crippen LogP contribution in [0.15, 0.2) is 16.5 Å². The summed E-state index contributed by atoms with van der Waals surface area (Å²) in [7, 11) is 0. The maximum Gasteiger partial charge on any atom is 0.114 e. The molecule has 2 unspecified atom stereocenters. The van der Waals surface area contributed by atoms with Crippen LogP contribution in [0.1, 0.15) is 18.4 Å². The molecule has 1 fully saturated rings. The second kappa shape index (κ2) is 5.05. The zero-order chi connectivity index (χ0) is 10.7. The van der Waals surface area contributed by atoms with Gasteiger partial charge in [0.25, 0.3) is 0 Å². The predicted octanol–water partition coefficient (Wildman–Crippen LogP) is 1.41. The molecule has 0 spiro atoms. The van der Waals surface area contributed by atoms with E-state index >= 15 is 0 Å². The van der Waals surface area contributed by atoms with E-state index in [-0.39, 0.29) is 6.10 Å². The van der Waals surface area contributed by atoms with Gasteiger partial charge < -0.3 is 14.8 Å². The van der Waals surface area contributed by atoms with Crippen molar-refractivity contribution in [1.29, 1.82) is 0 Å². The van der Waals surface area contributed by atoms with E-state index in [1.165, 1.54) is 0 Å². The lowest BCUT2D eigenvalue weighted by atomic mass is 10.3. The molecule has 15 heavy (non-hydrogen) atoms. The van der Waals surface area contributed by atoms with Crippen molar-refractivity contribution in [3.05, 3.63) is 23.7 Å². The molecule has 1 aliphatic heterocycles. The first-order valence-corrected chi connectivity index (χ1v) is 6.42. The highest BCUT2D eigenvalue weighted by molar-refractivity contribution is 7.99. The molecular formula is C11H17NO2S. The zero-order valence-electron chi connectivity index (χ0n) is 8.90. The molecular weight excluding hydrogens is 210 g/mol. The summed E-state index contributed by atoms with van der Waals surface area (Å²) in [4.78, 5) is 0. The van der Waals surface area contributed by atoms with Gasteiger partial charge in [0.05, 0.1) is 11.9 Å². The number of hydrogen-bond donors (Lipinski definition) is 2. The van der Waals surface area contributed by atoms with E-state index in [0.29, 0.717) is 5.25 Å². The Kier molecular flexibility index (Phi) is 3.72. The van der Waals surface area contributed by atoms with Gasteiger partial charge in [-0.3, -0.25) is 0 Å². The molecule has 1 saturated heterocycles. The zero-order valence-corrected chi connectivity index (χ0v) is 9.72. The van der Waals surface area contributed by atoms with E-state index < -0.39 is 0 Å². The van der Waals surface area contributed by atoms with Gasteiger partial charge in [-0.25, -0.2) is 0 Å². The molecule has 1 aliphatic rings. The van der Waals surface area contributed by atoms with Crippen LogP contribution in [0.25, 0.3) is 0 Å². The van der Waals surface area contributed by atoms with Gasteiger partial charge in [0.2, 0.25) is 0 Å². The topological polar surface area (TPSA) is 45.4 Å². The molecule has 1 aromatic rings. The number of thioether (sulfide) groups is 1. The quantitative estimate of drug-likeness (QED) is 0.816. The number of rotatable bonds is 4. The summed E-state index contributed by atoms with van der Waals surface area (Å²) in [5.41, 5.74) is 0. The average Bonchev–Trinajstić information content (AvgIpc) is 2.84. The van der Waals surface area contributed by atoms with E-state index in [1.54, 1.807) is 11.8 Å². The molecule has 0 amide bonds. The lowest BCUT2D eigenvalue weighted by Crippen LogP contribution is -2.20. The molecule has 3 nitrogen and oxygen atoms in total. The maximum absolute atomic E-state index is 9.60. The molecule has 84 valence electrons. The molecule has 2 heterocycles. The van der Waals surface area contributed by atoms with E-state index in [0.717, 1.165) is 36.8 Å². The van der Waals surface area contributed by atoms with E-state index in [2.05, 4.69) is 12.2 Å². The Bertz CT molecular complexity index is 313. The Morgan fingerprint density at radius 1 is 1.47 bits per heavy atom. The van der Waals surface area contributed by atoms with Crippen molar-refractivity contribution in [1.82, 2.24) is 5.32 Å². The Labute approximate surface area is 94.2 Å². The Morgan fingerprint density at radius 2 is 2.27 bits per heavy atom. The standard InChI is InChI=1S/C11H17NO2S/c1-2-8-3-4-9(14-8)7-15-11-6-12-5-10(11)13/h3-4,10-13H,2,5-7H2,1H3. The molecule has 2 rings (SSSR count). The first-order valence-electron chi connectivity index (χ1n) is 5.37. The van der Waals surface area contributed by atoms with E-state index in [4.69, 9.17) is 4.42 Å². The number of β-amino-alcohol motifs (C(OH)–C–C–N with tert-alkyl or cyclic N) is 1. The molecule has 0 aliphatic carbocycles. The Balaban J connectivity index is 1.82. The second-order valence-electron chi connectivity index (χ2n) is 3.80. The molecule has 2 atom stereocenters. The SMILES string of the molecule is CCc1ccc(CSC2CNCC2O)o1. The summed E-state index contributed by atoms with van der Waals surface area (Å²) in [5, 5.41) is 13.1. The number of aliphatic hydroxyl groups is 1. The summed E-state index contributed by atoms with van der Waals surface area (Å²) >= 11 is 1.76. The summed E-state index contributed by atoms with van der Waals surface area (Å²) in [6.45, 7) is 3.70. The third kappa shape index (κ3) is 2.77. The molecule has 0 radical (unpaired) electrons. The fourth-order valence-electron chi connectivity index (χ4n) is 1.69. The third-order valence-corrected chi connectivity index (χ3v) is 3.99. The van der Waals surface area contributed by atoms with Gasteiger partial charge in [0.15, 0.2) is 0 Å². The van der Waals surface area contributed by atoms with Crippen molar-refractivity contribution in [3.63, 3.8) is 0 Å². The predicted molar refractivity (Wildman–Crippen MR) is 62.0 cm³/mol. The average molecular weight is 227 g/mol. The summed E-state index contributed by atoms with van der Waals surface area (Å²) in [6, 6.07) is 4.06. The highest BCUT2D eigenvalue weighted by Gasteiger charge is 2.25. The first-order chi connectivity index (χ1) is 7.29. The Morgan fingerprint density at radius 3 is 2.87 bits per heavy atom. The van der Waals surface area contributed by atoms with Crippen LogP contribution in [0.2, 0.25) is 0 Å². The molecule has 0 aromatic carbocycles. The lowest BCUT2D eigenvalue weighted by Gasteiger charge is -2.11. The molecule has 2 N–H and O–H groups in total. The van der Waals surface area contributed by atoms with E-state index in [1.807, 2.05) is 12.1 Å². The largest absolute Gasteiger partial charge is 0.465 e. The van der Waals surface area contributed by atoms with Crippen LogP contribution in [0.3, 0.4) is 0 Å². The fraction of sp³-hybridized carbons (Fsp3) is 0.636. The van der Waals surface area contributed by atoms with Crippen LogP contribution in [0, 0.1) is 0 Å². The van der Waals surface area contributed by atoms with Crippen molar-refractivity contribution < 1.29 is 9.52 Å². The molecule has 0 saturated carbocycles. The Hall–Kier alpha value is -0.450. The molecule has 1 aromatic heterocycles. The minimum Gasteiger partial charge on any atom is -0.465 e. The van der Waals surface area contributed by atoms with Gasteiger partial charge in [0, 0.05) is 24.8 Å². The number of nitrogens with one attached hydrogen (secondary N) is 1. The minimum atomic E-state index is -0.212. The number of aryl methyl sites for hydroxylation is 1. The highest BCUT2D eigenvalue weighted by atomic mass is 32.2. The molecule has 0 bridgehead atoms. The van der Waals surface area contributed by atoms with Crippen molar-refractivity contribution in [2.75, 3.05) is 13.1 Å². The summed E-state index contributed by atoms with van der Waals surface area (Å²) in [6.07, 6.45) is 0.730. The van der Waals surface area contributed by atoms with Crippen molar-refractivity contribution >= 4 is 11.8 Å². The van der Waals surface area contributed by atoms with Gasteiger partial charge in [-0.1, -0.05) is 6.92 Å². The summed E-state index contributed by atoms with van der Waals surface area (Å²) < 4.78 is 5.60. The third-order valence-electron chi connectivity index (χ3n) is 2.63. The van der Waals surface area contributed by atoms with Gasteiger partial charge in [-0.05, 0) is 12.1 Å². The van der Waals surface area contributed by atoms with Crippen LogP contribution >= 0.6 is 11.8 Å². The van der Waals surface area contributed by atoms with Crippen molar-refractivity contribution in [2.45, 2.75) is 30.5 Å². The monoisotopic (exact) mass is 227 g/mol. The van der Waals surface area contributed by atoms with Crippen molar-refractivity contribution in [3.8, 4) is 0 Å². The van der Waals surface area contributed by atoms with E-state index in [9.17, 15) is 5.11 Å². The second-order valence-corrected chi connectivity index (χ2v) is 5.02. The maximum atomic E-state index is 9.60. The van der Waals surface area contributed by atoms with Crippen LogP contribution in [-0.4, -0.2) is 29.5 Å². The number of aliphatic hydroxyl groups excluding tert-OH is 1. The van der Waals surface area contributed by atoms with Gasteiger partial charge in [-0.2, -0.15) is 0 Å². The van der Waals surface area contributed by atoms with Crippen LogP contribution < -0.4 is 5.32 Å². The van der Waals surface area contributed by atoms with Gasteiger partial charge in [0.1, 0.15) is 11.5 Å². The van der Waals surface area contributed by atoms with Crippen molar-refractivity contribution in [2.24, 2.45) is 0 Å². The summed E-state index contributed by atoms with van der Waals surface area (Å²) in [5.74, 6) is 2.90. The minimum absolute atomic E-state index is 0.212. The fourth-order valence-corrected chi connectivity index (χ4v) is 2.78. The first kappa shape index (κ1) is 11.0. The molecule has 4 heteroatoms. The number of furan rings is 1. The van der Waals surface area contributed by atoms with Crippen LogP contribution in [0.4, 0.5) is 0 Å². The van der Waals surface area contributed by atoms with Gasteiger partial charge in [-0.15, -0.1) is 11.8 Å². The highest BCUT2D eigenvalue weighted by Crippen LogP contribution is 2.23. The van der Waals surface area contributed by atoms with Crippen LogP contribution in [-0.2, 0) is 12.2 Å². The lowest BCUT2D eigenvalue weighted by molar-refractivity contribution is 0.201. The number of hydrogen-bond acceptors (Lipinski definition) is 4.